The summed E-state index contributed by atoms with van der Waals surface area (Å²) in [5.41, 5.74) is 1.99. The second-order valence-corrected chi connectivity index (χ2v) is 5.66. The predicted molar refractivity (Wildman–Crippen MR) is 112 cm³/mol. The zero-order valence-corrected chi connectivity index (χ0v) is 17.2. The first-order valence-corrected chi connectivity index (χ1v) is 7.79. The van der Waals surface area contributed by atoms with Crippen LogP contribution in [-0.4, -0.2) is 32.1 Å². The van der Waals surface area contributed by atoms with Crippen LogP contribution in [0.5, 0.6) is 0 Å². The largest absolute Gasteiger partial charge is 0.363 e. The number of guanidine groups is 1. The van der Waals surface area contributed by atoms with Gasteiger partial charge in [0, 0.05) is 32.7 Å². The Morgan fingerprint density at radius 2 is 1.79 bits per heavy atom. The van der Waals surface area contributed by atoms with Crippen LogP contribution in [0.3, 0.4) is 0 Å². The average Bonchev–Trinajstić information content (AvgIpc) is 2.56. The first-order chi connectivity index (χ1) is 11.1. The molecule has 7 heteroatoms. The van der Waals surface area contributed by atoms with Gasteiger partial charge in [-0.15, -0.1) is 24.0 Å². The van der Waals surface area contributed by atoms with Gasteiger partial charge < -0.3 is 15.5 Å². The molecule has 0 saturated heterocycles. The van der Waals surface area contributed by atoms with Crippen molar-refractivity contribution in [2.45, 2.75) is 13.1 Å². The number of nitrogens with zero attached hydrogens (tertiary/aromatic N) is 3. The van der Waals surface area contributed by atoms with Crippen LogP contribution in [-0.2, 0) is 13.1 Å². The number of benzene rings is 1. The highest BCUT2D eigenvalue weighted by Gasteiger charge is 2.03. The van der Waals surface area contributed by atoms with Crippen LogP contribution in [0, 0.1) is 0 Å². The van der Waals surface area contributed by atoms with Crippen LogP contribution >= 0.6 is 35.6 Å². The predicted octanol–water partition coefficient (Wildman–Crippen LogP) is 3.28. The number of hydrogen-bond donors (Lipinski definition) is 2. The molecule has 0 aliphatic carbocycles. The number of nitrogens with one attached hydrogen (secondary N) is 2. The summed E-state index contributed by atoms with van der Waals surface area (Å²) in [6.45, 7) is 1.22. The number of rotatable bonds is 5. The first-order valence-electron chi connectivity index (χ1n) is 7.41. The summed E-state index contributed by atoms with van der Waals surface area (Å²) in [5, 5.41) is 7.25. The van der Waals surface area contributed by atoms with Crippen molar-refractivity contribution >= 4 is 47.4 Å². The summed E-state index contributed by atoms with van der Waals surface area (Å²) in [6, 6.07) is 13.7. The minimum atomic E-state index is 0. The molecule has 1 heterocycles. The van der Waals surface area contributed by atoms with E-state index in [0.717, 1.165) is 22.1 Å². The van der Waals surface area contributed by atoms with Gasteiger partial charge in [-0.25, -0.2) is 4.98 Å². The lowest BCUT2D eigenvalue weighted by molar-refractivity contribution is 0.793. The molecule has 0 bridgehead atoms. The Bertz CT molecular complexity index is 676. The second kappa shape index (κ2) is 10.4. The monoisotopic (exact) mass is 459 g/mol. The van der Waals surface area contributed by atoms with Gasteiger partial charge in [0.15, 0.2) is 5.96 Å². The molecule has 1 aromatic carbocycles. The molecule has 24 heavy (non-hydrogen) atoms. The van der Waals surface area contributed by atoms with Crippen molar-refractivity contribution in [3.63, 3.8) is 0 Å². The molecule has 1 aromatic heterocycles. The van der Waals surface area contributed by atoms with E-state index in [-0.39, 0.29) is 24.0 Å². The first kappa shape index (κ1) is 20.5. The molecule has 0 fully saturated rings. The summed E-state index contributed by atoms with van der Waals surface area (Å²) in [6.07, 6.45) is 0. The summed E-state index contributed by atoms with van der Waals surface area (Å²) >= 11 is 6.16. The molecule has 0 amide bonds. The van der Waals surface area contributed by atoms with Crippen molar-refractivity contribution in [2.75, 3.05) is 26.0 Å². The van der Waals surface area contributed by atoms with E-state index >= 15 is 0 Å². The molecule has 2 aromatic rings. The Balaban J connectivity index is 0.00000288. The van der Waals surface area contributed by atoms with Gasteiger partial charge in [0.25, 0.3) is 0 Å². The number of halogens is 2. The van der Waals surface area contributed by atoms with Gasteiger partial charge in [-0.05, 0) is 23.8 Å². The minimum Gasteiger partial charge on any atom is -0.363 e. The van der Waals surface area contributed by atoms with Crippen LogP contribution in [0.4, 0.5) is 5.82 Å². The number of anilines is 1. The maximum Gasteiger partial charge on any atom is 0.191 e. The van der Waals surface area contributed by atoms with Crippen LogP contribution < -0.4 is 15.5 Å². The van der Waals surface area contributed by atoms with Gasteiger partial charge >= 0.3 is 0 Å². The third kappa shape index (κ3) is 6.16. The van der Waals surface area contributed by atoms with Crippen LogP contribution in [0.1, 0.15) is 11.3 Å². The molecular weight excluding hydrogens is 437 g/mol. The maximum atomic E-state index is 6.16. The fourth-order valence-corrected chi connectivity index (χ4v) is 2.23. The van der Waals surface area contributed by atoms with E-state index < -0.39 is 0 Å². The summed E-state index contributed by atoms with van der Waals surface area (Å²) in [7, 11) is 5.69. The zero-order valence-electron chi connectivity index (χ0n) is 14.1. The van der Waals surface area contributed by atoms with E-state index in [4.69, 9.17) is 11.6 Å². The molecule has 0 unspecified atom stereocenters. The molecule has 0 aliphatic rings. The molecule has 130 valence electrons. The summed E-state index contributed by atoms with van der Waals surface area (Å²) in [5.74, 6) is 1.64. The highest BCUT2D eigenvalue weighted by molar-refractivity contribution is 14.0. The lowest BCUT2D eigenvalue weighted by atomic mass is 10.2. The Kier molecular flexibility index (Phi) is 8.84. The minimum absolute atomic E-state index is 0. The number of aliphatic imine (C=N–C) groups is 1. The van der Waals surface area contributed by atoms with E-state index in [1.807, 2.05) is 61.5 Å². The number of pyridine rings is 1. The molecule has 2 N–H and O–H groups in total. The smallest absolute Gasteiger partial charge is 0.191 e. The van der Waals surface area contributed by atoms with Gasteiger partial charge in [0.2, 0.25) is 0 Å². The highest BCUT2D eigenvalue weighted by Crippen LogP contribution is 2.14. The quantitative estimate of drug-likeness (QED) is 0.409. The normalized spacial score (nSPS) is 10.8. The van der Waals surface area contributed by atoms with E-state index in [9.17, 15) is 0 Å². The average molecular weight is 460 g/mol. The third-order valence-electron chi connectivity index (χ3n) is 3.31. The molecule has 2 rings (SSSR count). The van der Waals surface area contributed by atoms with Crippen molar-refractivity contribution < 1.29 is 0 Å². The Morgan fingerprint density at radius 1 is 1.08 bits per heavy atom. The van der Waals surface area contributed by atoms with E-state index in [2.05, 4.69) is 20.6 Å². The van der Waals surface area contributed by atoms with Gasteiger partial charge in [-0.3, -0.25) is 4.99 Å². The number of aromatic nitrogens is 1. The van der Waals surface area contributed by atoms with Crippen LogP contribution in [0.25, 0.3) is 0 Å². The zero-order chi connectivity index (χ0) is 16.7. The molecule has 0 atom stereocenters. The molecule has 0 spiro atoms. The SMILES string of the molecule is CN=C(NCc1cccc(N(C)C)n1)NCc1ccccc1Cl.I. The molecule has 0 saturated carbocycles. The van der Waals surface area contributed by atoms with Crippen molar-refractivity contribution in [2.24, 2.45) is 4.99 Å². The molecule has 0 radical (unpaired) electrons. The van der Waals surface area contributed by atoms with Crippen LogP contribution in [0.2, 0.25) is 5.02 Å². The van der Waals surface area contributed by atoms with Crippen molar-refractivity contribution in [3.05, 3.63) is 58.7 Å². The molecule has 0 aliphatic heterocycles. The lowest BCUT2D eigenvalue weighted by Gasteiger charge is -2.14. The van der Waals surface area contributed by atoms with Gasteiger partial charge in [-0.1, -0.05) is 35.9 Å². The third-order valence-corrected chi connectivity index (χ3v) is 3.68. The van der Waals surface area contributed by atoms with Crippen molar-refractivity contribution in [1.82, 2.24) is 15.6 Å². The van der Waals surface area contributed by atoms with Gasteiger partial charge in [-0.2, -0.15) is 0 Å². The lowest BCUT2D eigenvalue weighted by Crippen LogP contribution is -2.36. The maximum absolute atomic E-state index is 6.16. The Labute approximate surface area is 165 Å². The standard InChI is InChI=1S/C17H22ClN5.HI/c1-19-17(20-11-13-7-4-5-9-15(13)18)21-12-14-8-6-10-16(22-14)23(2)3;/h4-10H,11-12H2,1-3H3,(H2,19,20,21);1H. The topological polar surface area (TPSA) is 52.6 Å². The van der Waals surface area contributed by atoms with Gasteiger partial charge in [0.1, 0.15) is 5.82 Å². The Hall–Kier alpha value is -1.54. The Morgan fingerprint density at radius 3 is 2.46 bits per heavy atom. The highest BCUT2D eigenvalue weighted by atomic mass is 127. The summed E-state index contributed by atoms with van der Waals surface area (Å²) in [4.78, 5) is 10.8. The fraction of sp³-hybridized carbons (Fsp3) is 0.294. The van der Waals surface area contributed by atoms with E-state index in [1.165, 1.54) is 0 Å². The number of hydrogen-bond acceptors (Lipinski definition) is 3. The second-order valence-electron chi connectivity index (χ2n) is 5.25. The van der Waals surface area contributed by atoms with Crippen molar-refractivity contribution in [3.8, 4) is 0 Å². The van der Waals surface area contributed by atoms with Crippen molar-refractivity contribution in [1.29, 1.82) is 0 Å². The molecule has 5 nitrogen and oxygen atoms in total. The van der Waals surface area contributed by atoms with E-state index in [1.54, 1.807) is 7.05 Å². The summed E-state index contributed by atoms with van der Waals surface area (Å²) < 4.78 is 0. The van der Waals surface area contributed by atoms with Crippen LogP contribution in [0.15, 0.2) is 47.5 Å². The fourth-order valence-electron chi connectivity index (χ4n) is 2.03. The van der Waals surface area contributed by atoms with Gasteiger partial charge in [0.05, 0.1) is 12.2 Å². The van der Waals surface area contributed by atoms with E-state index in [0.29, 0.717) is 19.0 Å². The molecular formula is C17H23ClIN5.